The lowest BCUT2D eigenvalue weighted by molar-refractivity contribution is -0.126. The molecule has 27 heavy (non-hydrogen) atoms. The first-order chi connectivity index (χ1) is 13.3. The van der Waals surface area contributed by atoms with Crippen LogP contribution in [-0.4, -0.2) is 15.7 Å². The second kappa shape index (κ2) is 7.08. The number of carbonyl (C=O) groups excluding carboxylic acids is 1. The first-order valence-electron chi connectivity index (χ1n) is 10.7. The van der Waals surface area contributed by atoms with Gasteiger partial charge in [-0.25, -0.2) is 0 Å². The highest BCUT2D eigenvalue weighted by Gasteiger charge is 2.43. The van der Waals surface area contributed by atoms with Crippen molar-refractivity contribution in [1.29, 1.82) is 0 Å². The van der Waals surface area contributed by atoms with Crippen molar-refractivity contribution in [2.45, 2.75) is 88.1 Å². The van der Waals surface area contributed by atoms with Crippen molar-refractivity contribution in [2.24, 2.45) is 0 Å². The van der Waals surface area contributed by atoms with Gasteiger partial charge in [-0.15, -0.1) is 11.3 Å². The molecular formula is C22H29N3OS. The van der Waals surface area contributed by atoms with E-state index in [9.17, 15) is 4.79 Å². The van der Waals surface area contributed by atoms with E-state index in [0.717, 1.165) is 31.4 Å². The minimum Gasteiger partial charge on any atom is -0.350 e. The maximum atomic E-state index is 13.2. The van der Waals surface area contributed by atoms with E-state index in [1.54, 1.807) is 11.3 Å². The Bertz CT molecular complexity index is 794. The highest BCUT2D eigenvalue weighted by Crippen LogP contribution is 2.44. The molecule has 0 atom stereocenters. The van der Waals surface area contributed by atoms with Crippen molar-refractivity contribution in [3.8, 4) is 0 Å². The van der Waals surface area contributed by atoms with Gasteiger partial charge in [0, 0.05) is 16.5 Å². The van der Waals surface area contributed by atoms with Crippen LogP contribution in [0.1, 0.15) is 92.4 Å². The summed E-state index contributed by atoms with van der Waals surface area (Å²) in [7, 11) is 0. The van der Waals surface area contributed by atoms with Crippen LogP contribution in [-0.2, 0) is 16.8 Å². The second-order valence-electron chi connectivity index (χ2n) is 8.67. The Morgan fingerprint density at radius 1 is 1.19 bits per heavy atom. The first kappa shape index (κ1) is 17.5. The average molecular weight is 384 g/mol. The lowest BCUT2D eigenvalue weighted by atomic mass is 9.83. The highest BCUT2D eigenvalue weighted by molar-refractivity contribution is 7.10. The van der Waals surface area contributed by atoms with E-state index in [-0.39, 0.29) is 11.3 Å². The molecule has 5 heteroatoms. The molecular weight excluding hydrogens is 354 g/mol. The van der Waals surface area contributed by atoms with Gasteiger partial charge < -0.3 is 5.32 Å². The van der Waals surface area contributed by atoms with Gasteiger partial charge in [-0.05, 0) is 56.0 Å². The fraction of sp³-hybridized carbons (Fsp3) is 0.636. The quantitative estimate of drug-likeness (QED) is 0.757. The topological polar surface area (TPSA) is 46.9 Å². The summed E-state index contributed by atoms with van der Waals surface area (Å²) in [5.41, 5.74) is 2.15. The number of hydrogen-bond acceptors (Lipinski definition) is 3. The van der Waals surface area contributed by atoms with Gasteiger partial charge in [0.05, 0.1) is 23.7 Å². The number of nitrogens with zero attached hydrogens (tertiary/aromatic N) is 2. The van der Waals surface area contributed by atoms with Crippen molar-refractivity contribution >= 4 is 17.2 Å². The molecule has 3 fully saturated rings. The predicted molar refractivity (Wildman–Crippen MR) is 108 cm³/mol. The Labute approximate surface area is 165 Å². The average Bonchev–Trinajstić information content (AvgIpc) is 3.23. The highest BCUT2D eigenvalue weighted by atomic mass is 32.1. The molecule has 0 radical (unpaired) electrons. The molecule has 1 N–H and O–H groups in total. The van der Waals surface area contributed by atoms with Crippen LogP contribution in [0.25, 0.3) is 0 Å². The molecule has 0 saturated heterocycles. The molecule has 1 amide bonds. The van der Waals surface area contributed by atoms with Crippen LogP contribution in [0.2, 0.25) is 0 Å². The van der Waals surface area contributed by atoms with Crippen LogP contribution in [0, 0.1) is 0 Å². The Morgan fingerprint density at radius 3 is 2.63 bits per heavy atom. The van der Waals surface area contributed by atoms with Gasteiger partial charge in [-0.3, -0.25) is 9.48 Å². The van der Waals surface area contributed by atoms with Crippen LogP contribution in [0.4, 0.5) is 0 Å². The van der Waals surface area contributed by atoms with E-state index in [0.29, 0.717) is 18.5 Å². The standard InChI is InChI=1S/C22H29N3OS/c26-21(22(11-3-4-12-22)20-8-5-13-27-20)23-15-17-14-19(16-9-10-16)25(24-17)18-6-1-2-7-18/h5,8,13-14,16,18H,1-4,6-7,9-12,15H2,(H,23,26). The van der Waals surface area contributed by atoms with Crippen molar-refractivity contribution in [3.05, 3.63) is 39.8 Å². The van der Waals surface area contributed by atoms with E-state index in [2.05, 4.69) is 33.6 Å². The Hall–Kier alpha value is -1.62. The number of hydrogen-bond donors (Lipinski definition) is 1. The summed E-state index contributed by atoms with van der Waals surface area (Å²) in [6.45, 7) is 0.561. The molecule has 3 aliphatic rings. The summed E-state index contributed by atoms with van der Waals surface area (Å²) < 4.78 is 2.32. The molecule has 0 bridgehead atoms. The molecule has 0 spiro atoms. The largest absolute Gasteiger partial charge is 0.350 e. The van der Waals surface area contributed by atoms with Crippen molar-refractivity contribution in [1.82, 2.24) is 15.1 Å². The molecule has 3 aliphatic carbocycles. The van der Waals surface area contributed by atoms with E-state index < -0.39 is 0 Å². The summed E-state index contributed by atoms with van der Waals surface area (Å²) in [6, 6.07) is 7.05. The number of aromatic nitrogens is 2. The van der Waals surface area contributed by atoms with Gasteiger partial charge in [0.2, 0.25) is 5.91 Å². The minimum absolute atomic E-state index is 0.200. The second-order valence-corrected chi connectivity index (χ2v) is 9.61. The third-order valence-electron chi connectivity index (χ3n) is 6.80. The predicted octanol–water partition coefficient (Wildman–Crippen LogP) is 5.07. The van der Waals surface area contributed by atoms with Crippen LogP contribution < -0.4 is 5.32 Å². The van der Waals surface area contributed by atoms with Gasteiger partial charge in [-0.1, -0.05) is 31.7 Å². The third kappa shape index (κ3) is 3.24. The lowest BCUT2D eigenvalue weighted by Gasteiger charge is -2.26. The summed E-state index contributed by atoms with van der Waals surface area (Å²) in [5, 5.41) is 10.3. The van der Waals surface area contributed by atoms with Gasteiger partial charge >= 0.3 is 0 Å². The minimum atomic E-state index is -0.304. The van der Waals surface area contributed by atoms with E-state index >= 15 is 0 Å². The molecule has 3 saturated carbocycles. The Morgan fingerprint density at radius 2 is 1.96 bits per heavy atom. The zero-order chi connectivity index (χ0) is 18.3. The molecule has 2 aromatic rings. The monoisotopic (exact) mass is 383 g/mol. The molecule has 2 aromatic heterocycles. The van der Waals surface area contributed by atoms with E-state index in [1.165, 1.54) is 49.1 Å². The van der Waals surface area contributed by atoms with Gasteiger partial charge in [0.15, 0.2) is 0 Å². The van der Waals surface area contributed by atoms with Crippen molar-refractivity contribution in [3.63, 3.8) is 0 Å². The van der Waals surface area contributed by atoms with Crippen molar-refractivity contribution < 1.29 is 4.79 Å². The normalized spacial score (nSPS) is 22.4. The summed E-state index contributed by atoms with van der Waals surface area (Å²) in [4.78, 5) is 14.4. The summed E-state index contributed by atoms with van der Waals surface area (Å²) >= 11 is 1.72. The molecule has 0 unspecified atom stereocenters. The van der Waals surface area contributed by atoms with E-state index in [4.69, 9.17) is 5.10 Å². The number of carbonyl (C=O) groups is 1. The number of rotatable bonds is 6. The van der Waals surface area contributed by atoms with Crippen LogP contribution in [0.3, 0.4) is 0 Å². The number of nitrogens with one attached hydrogen (secondary N) is 1. The fourth-order valence-corrected chi connectivity index (χ4v) is 6.11. The fourth-order valence-electron chi connectivity index (χ4n) is 5.13. The molecule has 4 nitrogen and oxygen atoms in total. The van der Waals surface area contributed by atoms with E-state index in [1.807, 2.05) is 0 Å². The van der Waals surface area contributed by atoms with Gasteiger partial charge in [0.25, 0.3) is 0 Å². The molecule has 0 aliphatic heterocycles. The Kier molecular flexibility index (Phi) is 4.58. The lowest BCUT2D eigenvalue weighted by Crippen LogP contribution is -2.41. The first-order valence-corrected chi connectivity index (χ1v) is 11.5. The van der Waals surface area contributed by atoms with Gasteiger partial charge in [0.1, 0.15) is 0 Å². The maximum Gasteiger partial charge on any atom is 0.231 e. The molecule has 5 rings (SSSR count). The molecule has 144 valence electrons. The number of amides is 1. The SMILES string of the molecule is O=C(NCc1cc(C2CC2)n(C2CCCC2)n1)C1(c2cccs2)CCCC1. The van der Waals surface area contributed by atoms with Crippen molar-refractivity contribution in [2.75, 3.05) is 0 Å². The third-order valence-corrected chi connectivity index (χ3v) is 7.87. The summed E-state index contributed by atoms with van der Waals surface area (Å²) in [6.07, 6.45) is 12.0. The van der Waals surface area contributed by atoms with Crippen LogP contribution in [0.15, 0.2) is 23.6 Å². The zero-order valence-corrected chi connectivity index (χ0v) is 16.8. The maximum absolute atomic E-state index is 13.2. The smallest absolute Gasteiger partial charge is 0.231 e. The van der Waals surface area contributed by atoms with Crippen LogP contribution in [0.5, 0.6) is 0 Å². The summed E-state index contributed by atoms with van der Waals surface area (Å²) in [5.74, 6) is 0.903. The molecule has 2 heterocycles. The zero-order valence-electron chi connectivity index (χ0n) is 16.0. The van der Waals surface area contributed by atoms with Gasteiger partial charge in [-0.2, -0.15) is 5.10 Å². The molecule has 0 aromatic carbocycles. The Balaban J connectivity index is 1.32. The number of thiophene rings is 1. The van der Waals surface area contributed by atoms with Crippen LogP contribution >= 0.6 is 11.3 Å².